The monoisotopic (exact) mass is 213 g/mol. The number of carbonyl (C=O) groups is 1. The van der Waals surface area contributed by atoms with Crippen molar-refractivity contribution in [2.45, 2.75) is 66.3 Å². The van der Waals surface area contributed by atoms with Crippen LogP contribution in [-0.4, -0.2) is 11.8 Å². The fourth-order valence-corrected chi connectivity index (χ4v) is 1.91. The second kappa shape index (κ2) is 6.26. The molecule has 0 fully saturated rings. The highest BCUT2D eigenvalue weighted by atomic mass is 16.1. The van der Waals surface area contributed by atoms with Gasteiger partial charge in [-0.25, -0.2) is 0 Å². The van der Waals surface area contributed by atoms with Crippen LogP contribution >= 0.6 is 0 Å². The first kappa shape index (κ1) is 14.6. The summed E-state index contributed by atoms with van der Waals surface area (Å²) in [6.07, 6.45) is 3.51. The van der Waals surface area contributed by atoms with E-state index in [0.29, 0.717) is 12.2 Å². The summed E-state index contributed by atoms with van der Waals surface area (Å²) in [5.74, 6) is 0.509. The first-order chi connectivity index (χ1) is 6.76. The van der Waals surface area contributed by atoms with E-state index >= 15 is 0 Å². The maximum atomic E-state index is 11.7. The number of carbonyl (C=O) groups excluding carboxylic acids is 1. The zero-order chi connectivity index (χ0) is 12.1. The van der Waals surface area contributed by atoms with Crippen LogP contribution in [0.3, 0.4) is 0 Å². The molecule has 2 nitrogen and oxygen atoms in total. The van der Waals surface area contributed by atoms with Gasteiger partial charge in [-0.2, -0.15) is 0 Å². The summed E-state index contributed by atoms with van der Waals surface area (Å²) in [7, 11) is 0. The largest absolute Gasteiger partial charge is 0.327 e. The molecule has 0 rings (SSSR count). The van der Waals surface area contributed by atoms with E-state index in [4.69, 9.17) is 5.73 Å². The average Bonchev–Trinajstić information content (AvgIpc) is 2.00. The lowest BCUT2D eigenvalue weighted by Gasteiger charge is -2.23. The summed E-state index contributed by atoms with van der Waals surface area (Å²) < 4.78 is 0. The van der Waals surface area contributed by atoms with Crippen LogP contribution in [-0.2, 0) is 4.79 Å². The van der Waals surface area contributed by atoms with Gasteiger partial charge in [0.2, 0.25) is 0 Å². The Balaban J connectivity index is 3.96. The molecule has 15 heavy (non-hydrogen) atoms. The van der Waals surface area contributed by atoms with E-state index in [1.165, 1.54) is 0 Å². The first-order valence-corrected chi connectivity index (χ1v) is 6.04. The second-order valence-electron chi connectivity index (χ2n) is 5.89. The van der Waals surface area contributed by atoms with Crippen molar-refractivity contribution in [3.05, 3.63) is 0 Å². The van der Waals surface area contributed by atoms with Crippen LogP contribution in [0, 0.1) is 11.3 Å². The SMILES string of the molecule is CCCC(C)C(=O)CC(N)CC(C)(C)C. The number of hydrogen-bond acceptors (Lipinski definition) is 2. The minimum absolute atomic E-state index is 0.0248. The maximum absolute atomic E-state index is 11.7. The Bertz CT molecular complexity index is 193. The highest BCUT2D eigenvalue weighted by Crippen LogP contribution is 2.22. The maximum Gasteiger partial charge on any atom is 0.137 e. The molecule has 0 saturated carbocycles. The van der Waals surface area contributed by atoms with Gasteiger partial charge in [0.05, 0.1) is 0 Å². The van der Waals surface area contributed by atoms with Gasteiger partial charge in [-0.3, -0.25) is 4.79 Å². The Morgan fingerprint density at radius 2 is 1.87 bits per heavy atom. The molecule has 0 aromatic rings. The van der Waals surface area contributed by atoms with Crippen molar-refractivity contribution in [3.63, 3.8) is 0 Å². The van der Waals surface area contributed by atoms with Gasteiger partial charge in [0.25, 0.3) is 0 Å². The van der Waals surface area contributed by atoms with Gasteiger partial charge in [0.1, 0.15) is 5.78 Å². The lowest BCUT2D eigenvalue weighted by molar-refractivity contribution is -0.123. The minimum atomic E-state index is 0.0248. The molecule has 0 aliphatic rings. The Morgan fingerprint density at radius 3 is 2.27 bits per heavy atom. The van der Waals surface area contributed by atoms with Crippen LogP contribution in [0.15, 0.2) is 0 Å². The van der Waals surface area contributed by atoms with Gasteiger partial charge >= 0.3 is 0 Å². The van der Waals surface area contributed by atoms with Crippen molar-refractivity contribution in [1.82, 2.24) is 0 Å². The topological polar surface area (TPSA) is 43.1 Å². The van der Waals surface area contributed by atoms with Crippen LogP contribution < -0.4 is 5.73 Å². The van der Waals surface area contributed by atoms with Gasteiger partial charge in [0, 0.05) is 18.4 Å². The molecule has 0 aliphatic heterocycles. The zero-order valence-corrected chi connectivity index (χ0v) is 11.0. The molecule has 0 radical (unpaired) electrons. The third kappa shape index (κ3) is 7.55. The highest BCUT2D eigenvalue weighted by Gasteiger charge is 2.20. The summed E-state index contributed by atoms with van der Waals surface area (Å²) in [5, 5.41) is 0. The van der Waals surface area contributed by atoms with Crippen LogP contribution in [0.5, 0.6) is 0 Å². The number of hydrogen-bond donors (Lipinski definition) is 1. The van der Waals surface area contributed by atoms with Crippen LogP contribution in [0.25, 0.3) is 0 Å². The van der Waals surface area contributed by atoms with Crippen LogP contribution in [0.2, 0.25) is 0 Å². The number of ketones is 1. The second-order valence-corrected chi connectivity index (χ2v) is 5.89. The fourth-order valence-electron chi connectivity index (χ4n) is 1.91. The van der Waals surface area contributed by atoms with Crippen molar-refractivity contribution in [1.29, 1.82) is 0 Å². The van der Waals surface area contributed by atoms with Gasteiger partial charge < -0.3 is 5.73 Å². The van der Waals surface area contributed by atoms with E-state index in [1.807, 2.05) is 6.92 Å². The molecular formula is C13H27NO. The average molecular weight is 213 g/mol. The lowest BCUT2D eigenvalue weighted by atomic mass is 9.85. The molecule has 90 valence electrons. The predicted octanol–water partition coefficient (Wildman–Crippen LogP) is 3.15. The van der Waals surface area contributed by atoms with Crippen LogP contribution in [0.4, 0.5) is 0 Å². The smallest absolute Gasteiger partial charge is 0.137 e. The molecule has 2 atom stereocenters. The minimum Gasteiger partial charge on any atom is -0.327 e. The van der Waals surface area contributed by atoms with E-state index < -0.39 is 0 Å². The summed E-state index contributed by atoms with van der Waals surface area (Å²) >= 11 is 0. The standard InChI is InChI=1S/C13H27NO/c1-6-7-10(2)12(15)8-11(14)9-13(3,4)5/h10-11H,6-9,14H2,1-5H3. The summed E-state index contributed by atoms with van der Waals surface area (Å²) in [4.78, 5) is 11.7. The van der Waals surface area contributed by atoms with Crippen molar-refractivity contribution in [3.8, 4) is 0 Å². The Hall–Kier alpha value is -0.370. The third-order valence-corrected chi connectivity index (χ3v) is 2.61. The highest BCUT2D eigenvalue weighted by molar-refractivity contribution is 5.81. The summed E-state index contributed by atoms with van der Waals surface area (Å²) in [5.41, 5.74) is 6.19. The number of nitrogens with two attached hydrogens (primary N) is 1. The van der Waals surface area contributed by atoms with E-state index in [9.17, 15) is 4.79 Å². The quantitative estimate of drug-likeness (QED) is 0.736. The lowest BCUT2D eigenvalue weighted by Crippen LogP contribution is -2.30. The molecule has 0 amide bonds. The van der Waals surface area contributed by atoms with Crippen molar-refractivity contribution >= 4 is 5.78 Å². The Labute approximate surface area is 94.6 Å². The van der Waals surface area contributed by atoms with E-state index in [0.717, 1.165) is 19.3 Å². The number of rotatable bonds is 6. The van der Waals surface area contributed by atoms with Crippen molar-refractivity contribution in [2.24, 2.45) is 17.1 Å². The van der Waals surface area contributed by atoms with Gasteiger partial charge in [-0.15, -0.1) is 0 Å². The Morgan fingerprint density at radius 1 is 1.33 bits per heavy atom. The zero-order valence-electron chi connectivity index (χ0n) is 11.0. The predicted molar refractivity (Wildman–Crippen MR) is 65.7 cm³/mol. The summed E-state index contributed by atoms with van der Waals surface area (Å²) in [6, 6.07) is 0.0248. The normalized spacial score (nSPS) is 16.1. The molecule has 0 heterocycles. The molecule has 0 aromatic carbocycles. The van der Waals surface area contributed by atoms with E-state index in [2.05, 4.69) is 27.7 Å². The summed E-state index contributed by atoms with van der Waals surface area (Å²) in [6.45, 7) is 10.6. The molecule has 2 heteroatoms. The molecule has 2 unspecified atom stereocenters. The Kier molecular flexibility index (Phi) is 6.11. The molecule has 2 N–H and O–H groups in total. The van der Waals surface area contributed by atoms with Crippen molar-refractivity contribution < 1.29 is 4.79 Å². The molecule has 0 bridgehead atoms. The van der Waals surface area contributed by atoms with Crippen LogP contribution in [0.1, 0.15) is 60.3 Å². The van der Waals surface area contributed by atoms with E-state index in [-0.39, 0.29) is 17.4 Å². The number of Topliss-reactive ketones (excluding diaryl/α,β-unsaturated/α-hetero) is 1. The first-order valence-electron chi connectivity index (χ1n) is 6.04. The molecular weight excluding hydrogens is 186 g/mol. The van der Waals surface area contributed by atoms with Gasteiger partial charge in [0.15, 0.2) is 0 Å². The van der Waals surface area contributed by atoms with Gasteiger partial charge in [-0.05, 0) is 18.3 Å². The molecule has 0 spiro atoms. The van der Waals surface area contributed by atoms with Crippen molar-refractivity contribution in [2.75, 3.05) is 0 Å². The molecule has 0 aliphatic carbocycles. The van der Waals surface area contributed by atoms with Gasteiger partial charge in [-0.1, -0.05) is 41.0 Å². The fraction of sp³-hybridized carbons (Fsp3) is 0.923. The van der Waals surface area contributed by atoms with E-state index in [1.54, 1.807) is 0 Å². The third-order valence-electron chi connectivity index (χ3n) is 2.61. The molecule has 0 aromatic heterocycles. The molecule has 0 saturated heterocycles.